The van der Waals surface area contributed by atoms with Gasteiger partial charge in [0.05, 0.1) is 0 Å². The second kappa shape index (κ2) is 7.06. The average molecular weight is 299 g/mol. The third kappa shape index (κ3) is 5.49. The molecular weight excluding hydrogens is 284 g/mol. The van der Waals surface area contributed by atoms with Gasteiger partial charge in [0.1, 0.15) is 6.42 Å². The molecule has 0 aromatic heterocycles. The van der Waals surface area contributed by atoms with Crippen molar-refractivity contribution >= 4 is 33.4 Å². The number of hydrogen-bond acceptors (Lipinski definition) is 2. The van der Waals surface area contributed by atoms with Gasteiger partial charge in [-0.1, -0.05) is 28.9 Å². The Bertz CT molecular complexity index is 407. The van der Waals surface area contributed by atoms with E-state index in [4.69, 9.17) is 0 Å². The summed E-state index contributed by atoms with van der Waals surface area (Å²) in [5.74, 6) is -0.559. The van der Waals surface area contributed by atoms with E-state index in [1.54, 1.807) is 12.1 Å². The fourth-order valence-corrected chi connectivity index (χ4v) is 1.64. The van der Waals surface area contributed by atoms with Gasteiger partial charge in [0, 0.05) is 16.7 Å². The first-order valence-electron chi connectivity index (χ1n) is 5.44. The van der Waals surface area contributed by atoms with E-state index in [-0.39, 0.29) is 18.2 Å². The second-order valence-corrected chi connectivity index (χ2v) is 4.50. The standard InChI is InChI=1S/C12H15BrN2O2/c1-2-6-14-11(16)8-12(17)15-10-5-3-4-9(13)7-10/h3-5,7H,2,6,8H2,1H3,(H,14,16)(H,15,17). The first kappa shape index (κ1) is 13.7. The molecule has 2 N–H and O–H groups in total. The molecule has 0 spiro atoms. The molecule has 0 saturated heterocycles. The van der Waals surface area contributed by atoms with Crippen LogP contribution < -0.4 is 10.6 Å². The van der Waals surface area contributed by atoms with Gasteiger partial charge >= 0.3 is 0 Å². The van der Waals surface area contributed by atoms with Crippen molar-refractivity contribution in [2.24, 2.45) is 0 Å². The summed E-state index contributed by atoms with van der Waals surface area (Å²) in [5, 5.41) is 5.31. The molecule has 0 aliphatic heterocycles. The van der Waals surface area contributed by atoms with Crippen LogP contribution in [0.25, 0.3) is 0 Å². The molecule has 1 aromatic carbocycles. The van der Waals surface area contributed by atoms with E-state index < -0.39 is 0 Å². The molecule has 0 radical (unpaired) electrons. The molecule has 1 rings (SSSR count). The average Bonchev–Trinajstić information content (AvgIpc) is 2.26. The van der Waals surface area contributed by atoms with Crippen molar-refractivity contribution in [1.82, 2.24) is 5.32 Å². The van der Waals surface area contributed by atoms with Crippen molar-refractivity contribution in [3.63, 3.8) is 0 Å². The maximum absolute atomic E-state index is 11.5. The molecule has 92 valence electrons. The minimum atomic E-state index is -0.309. The summed E-state index contributed by atoms with van der Waals surface area (Å²) in [4.78, 5) is 22.8. The predicted octanol–water partition coefficient (Wildman–Crippen LogP) is 2.30. The zero-order valence-corrected chi connectivity index (χ0v) is 11.2. The summed E-state index contributed by atoms with van der Waals surface area (Å²) in [6.45, 7) is 2.56. The Hall–Kier alpha value is -1.36. The minimum Gasteiger partial charge on any atom is -0.356 e. The first-order valence-corrected chi connectivity index (χ1v) is 6.23. The van der Waals surface area contributed by atoms with E-state index in [1.165, 1.54) is 0 Å². The summed E-state index contributed by atoms with van der Waals surface area (Å²) in [5.41, 5.74) is 0.674. The highest BCUT2D eigenvalue weighted by molar-refractivity contribution is 9.10. The van der Waals surface area contributed by atoms with Crippen LogP contribution in [0.2, 0.25) is 0 Å². The smallest absolute Gasteiger partial charge is 0.233 e. The lowest BCUT2D eigenvalue weighted by Gasteiger charge is -2.06. The van der Waals surface area contributed by atoms with Crippen molar-refractivity contribution in [2.45, 2.75) is 19.8 Å². The number of nitrogens with one attached hydrogen (secondary N) is 2. The largest absolute Gasteiger partial charge is 0.356 e. The molecule has 0 fully saturated rings. The van der Waals surface area contributed by atoms with Crippen LogP contribution in [-0.2, 0) is 9.59 Å². The molecule has 0 bridgehead atoms. The van der Waals surface area contributed by atoms with E-state index in [9.17, 15) is 9.59 Å². The lowest BCUT2D eigenvalue weighted by molar-refractivity contribution is -0.126. The fraction of sp³-hybridized carbons (Fsp3) is 0.333. The van der Waals surface area contributed by atoms with Crippen molar-refractivity contribution in [3.8, 4) is 0 Å². The lowest BCUT2D eigenvalue weighted by Crippen LogP contribution is -2.28. The molecule has 2 amide bonds. The molecule has 0 aliphatic carbocycles. The zero-order chi connectivity index (χ0) is 12.7. The van der Waals surface area contributed by atoms with Crippen molar-refractivity contribution < 1.29 is 9.59 Å². The van der Waals surface area contributed by atoms with Crippen LogP contribution in [0.1, 0.15) is 19.8 Å². The number of halogens is 1. The number of rotatable bonds is 5. The molecule has 4 nitrogen and oxygen atoms in total. The van der Waals surface area contributed by atoms with Gasteiger partial charge < -0.3 is 10.6 Å². The van der Waals surface area contributed by atoms with Crippen LogP contribution in [0.4, 0.5) is 5.69 Å². The highest BCUT2D eigenvalue weighted by Gasteiger charge is 2.08. The van der Waals surface area contributed by atoms with E-state index >= 15 is 0 Å². The predicted molar refractivity (Wildman–Crippen MR) is 70.7 cm³/mol. The number of amides is 2. The molecule has 5 heteroatoms. The van der Waals surface area contributed by atoms with Crippen LogP contribution in [0.15, 0.2) is 28.7 Å². The highest BCUT2D eigenvalue weighted by atomic mass is 79.9. The normalized spacial score (nSPS) is 9.76. The third-order valence-electron chi connectivity index (χ3n) is 2.00. The monoisotopic (exact) mass is 298 g/mol. The SMILES string of the molecule is CCCNC(=O)CC(=O)Nc1cccc(Br)c1. The van der Waals surface area contributed by atoms with Gasteiger partial charge in [-0.15, -0.1) is 0 Å². The molecule has 0 heterocycles. The second-order valence-electron chi connectivity index (χ2n) is 3.59. The quantitative estimate of drug-likeness (QED) is 0.820. The van der Waals surface area contributed by atoms with Gasteiger partial charge in [-0.2, -0.15) is 0 Å². The Morgan fingerprint density at radius 1 is 1.29 bits per heavy atom. The van der Waals surface area contributed by atoms with Gasteiger partial charge in [-0.25, -0.2) is 0 Å². The maximum Gasteiger partial charge on any atom is 0.233 e. The van der Waals surface area contributed by atoms with Crippen LogP contribution in [-0.4, -0.2) is 18.4 Å². The van der Waals surface area contributed by atoms with Gasteiger partial charge in [0.25, 0.3) is 0 Å². The molecule has 1 aromatic rings. The van der Waals surface area contributed by atoms with E-state index in [1.807, 2.05) is 19.1 Å². The number of carbonyl (C=O) groups excluding carboxylic acids is 2. The molecule has 17 heavy (non-hydrogen) atoms. The molecule has 0 saturated carbocycles. The van der Waals surface area contributed by atoms with Gasteiger partial charge in [0.15, 0.2) is 0 Å². The molecule has 0 aliphatic rings. The highest BCUT2D eigenvalue weighted by Crippen LogP contribution is 2.15. The fourth-order valence-electron chi connectivity index (χ4n) is 1.24. The minimum absolute atomic E-state index is 0.146. The number of anilines is 1. The van der Waals surface area contributed by atoms with Gasteiger partial charge in [-0.05, 0) is 24.6 Å². The molecule has 0 unspecified atom stereocenters. The van der Waals surface area contributed by atoms with Crippen LogP contribution in [0.5, 0.6) is 0 Å². The van der Waals surface area contributed by atoms with Gasteiger partial charge in [0.2, 0.25) is 11.8 Å². The summed E-state index contributed by atoms with van der Waals surface area (Å²) >= 11 is 3.31. The number of carbonyl (C=O) groups is 2. The number of benzene rings is 1. The summed E-state index contributed by atoms with van der Waals surface area (Å²) in [7, 11) is 0. The van der Waals surface area contributed by atoms with E-state index in [2.05, 4.69) is 26.6 Å². The van der Waals surface area contributed by atoms with Crippen molar-refractivity contribution in [1.29, 1.82) is 0 Å². The summed E-state index contributed by atoms with van der Waals surface area (Å²) in [6, 6.07) is 7.23. The Balaban J connectivity index is 2.42. The van der Waals surface area contributed by atoms with Crippen LogP contribution in [0.3, 0.4) is 0 Å². The number of hydrogen-bond donors (Lipinski definition) is 2. The van der Waals surface area contributed by atoms with Crippen molar-refractivity contribution in [2.75, 3.05) is 11.9 Å². The Kier molecular flexibility index (Phi) is 5.69. The lowest BCUT2D eigenvalue weighted by atomic mass is 10.3. The topological polar surface area (TPSA) is 58.2 Å². The summed E-state index contributed by atoms with van der Waals surface area (Å²) < 4.78 is 0.880. The molecular formula is C12H15BrN2O2. The third-order valence-corrected chi connectivity index (χ3v) is 2.49. The zero-order valence-electron chi connectivity index (χ0n) is 9.63. The first-order chi connectivity index (χ1) is 8.11. The molecule has 0 atom stereocenters. The van der Waals surface area contributed by atoms with E-state index in [0.717, 1.165) is 10.9 Å². The Labute approximate surface area is 109 Å². The Morgan fingerprint density at radius 3 is 2.71 bits per heavy atom. The summed E-state index contributed by atoms with van der Waals surface area (Å²) in [6.07, 6.45) is 0.714. The van der Waals surface area contributed by atoms with Crippen LogP contribution in [0, 0.1) is 0 Å². The van der Waals surface area contributed by atoms with E-state index in [0.29, 0.717) is 12.2 Å². The Morgan fingerprint density at radius 2 is 2.06 bits per heavy atom. The van der Waals surface area contributed by atoms with Crippen LogP contribution >= 0.6 is 15.9 Å². The maximum atomic E-state index is 11.5. The van der Waals surface area contributed by atoms with Gasteiger partial charge in [-0.3, -0.25) is 9.59 Å². The van der Waals surface area contributed by atoms with Crippen molar-refractivity contribution in [3.05, 3.63) is 28.7 Å².